The summed E-state index contributed by atoms with van der Waals surface area (Å²) in [7, 11) is 0. The maximum atomic E-state index is 9.87. The van der Waals surface area contributed by atoms with Crippen LogP contribution < -0.4 is 5.32 Å². The summed E-state index contributed by atoms with van der Waals surface area (Å²) in [5, 5.41) is 13.3. The van der Waals surface area contributed by atoms with Gasteiger partial charge in [0.25, 0.3) is 0 Å². The minimum atomic E-state index is -0.154. The molecule has 1 aromatic rings. The van der Waals surface area contributed by atoms with Crippen LogP contribution >= 0.6 is 0 Å². The highest BCUT2D eigenvalue weighted by molar-refractivity contribution is 5.22. The third-order valence-corrected chi connectivity index (χ3v) is 3.73. The fourth-order valence-corrected chi connectivity index (χ4v) is 2.49. The van der Waals surface area contributed by atoms with Gasteiger partial charge in [0, 0.05) is 12.6 Å². The van der Waals surface area contributed by atoms with E-state index < -0.39 is 0 Å². The number of benzene rings is 1. The second kappa shape index (κ2) is 6.18. The molecule has 94 valence electrons. The van der Waals surface area contributed by atoms with Crippen molar-refractivity contribution in [3.8, 4) is 0 Å². The van der Waals surface area contributed by atoms with Crippen LogP contribution in [0.1, 0.15) is 43.7 Å². The summed E-state index contributed by atoms with van der Waals surface area (Å²) in [6.45, 7) is 3.04. The quantitative estimate of drug-likeness (QED) is 0.838. The molecule has 0 amide bonds. The number of aryl methyl sites for hydroxylation is 1. The van der Waals surface area contributed by atoms with Gasteiger partial charge in [-0.1, -0.05) is 44.0 Å². The monoisotopic (exact) mass is 233 g/mol. The largest absolute Gasteiger partial charge is 0.392 e. The summed E-state index contributed by atoms with van der Waals surface area (Å²) in [6.07, 6.45) is 5.41. The van der Waals surface area contributed by atoms with Crippen LogP contribution in [0.3, 0.4) is 0 Å². The van der Waals surface area contributed by atoms with Gasteiger partial charge in [-0.05, 0) is 30.4 Å². The van der Waals surface area contributed by atoms with E-state index in [9.17, 15) is 5.11 Å². The molecule has 0 bridgehead atoms. The maximum absolute atomic E-state index is 9.87. The normalized spacial score (nSPS) is 24.8. The Hall–Kier alpha value is -0.860. The molecule has 0 aromatic heterocycles. The summed E-state index contributed by atoms with van der Waals surface area (Å²) in [6, 6.07) is 9.03. The van der Waals surface area contributed by atoms with Gasteiger partial charge in [-0.25, -0.2) is 0 Å². The molecule has 2 heteroatoms. The molecule has 1 aromatic carbocycles. The van der Waals surface area contributed by atoms with Crippen LogP contribution in [0.15, 0.2) is 24.3 Å². The van der Waals surface area contributed by atoms with E-state index in [0.29, 0.717) is 0 Å². The standard InChI is InChI=1S/C15H23NO/c1-2-12-7-9-13(10-8-12)11-16-14-5-3-4-6-15(14)17/h7-10,14-17H,2-6,11H2,1H3/t14-,15-/m1/s1. The molecule has 0 aliphatic heterocycles. The van der Waals surface area contributed by atoms with E-state index in [1.54, 1.807) is 0 Å². The van der Waals surface area contributed by atoms with E-state index in [2.05, 4.69) is 36.5 Å². The number of nitrogens with one attached hydrogen (secondary N) is 1. The predicted octanol–water partition coefficient (Wildman–Crippen LogP) is 2.64. The van der Waals surface area contributed by atoms with Crippen molar-refractivity contribution < 1.29 is 5.11 Å². The average Bonchev–Trinajstić information content (AvgIpc) is 2.38. The lowest BCUT2D eigenvalue weighted by Gasteiger charge is -2.28. The summed E-state index contributed by atoms with van der Waals surface area (Å²) in [5.74, 6) is 0. The van der Waals surface area contributed by atoms with Gasteiger partial charge in [-0.3, -0.25) is 0 Å². The van der Waals surface area contributed by atoms with Crippen LogP contribution in [0.4, 0.5) is 0 Å². The SMILES string of the molecule is CCc1ccc(CN[C@@H]2CCCC[C@H]2O)cc1. The summed E-state index contributed by atoms with van der Waals surface area (Å²) in [5.41, 5.74) is 2.69. The zero-order valence-electron chi connectivity index (χ0n) is 10.7. The Bertz CT molecular complexity index is 333. The Balaban J connectivity index is 1.84. The van der Waals surface area contributed by atoms with Crippen LogP contribution in [0.5, 0.6) is 0 Å². The van der Waals surface area contributed by atoms with Crippen molar-refractivity contribution in [3.63, 3.8) is 0 Å². The van der Waals surface area contributed by atoms with Gasteiger partial charge in [-0.15, -0.1) is 0 Å². The molecule has 1 aliphatic carbocycles. The van der Waals surface area contributed by atoms with Gasteiger partial charge in [0.1, 0.15) is 0 Å². The first-order chi connectivity index (χ1) is 8.29. The highest BCUT2D eigenvalue weighted by Gasteiger charge is 2.21. The Morgan fingerprint density at radius 3 is 2.41 bits per heavy atom. The third kappa shape index (κ3) is 3.55. The van der Waals surface area contributed by atoms with E-state index in [4.69, 9.17) is 0 Å². The average molecular weight is 233 g/mol. The van der Waals surface area contributed by atoms with Crippen molar-refractivity contribution in [1.29, 1.82) is 0 Å². The van der Waals surface area contributed by atoms with Gasteiger partial charge < -0.3 is 10.4 Å². The first-order valence-corrected chi connectivity index (χ1v) is 6.79. The zero-order valence-corrected chi connectivity index (χ0v) is 10.7. The number of hydrogen-bond acceptors (Lipinski definition) is 2. The van der Waals surface area contributed by atoms with E-state index in [-0.39, 0.29) is 12.1 Å². The van der Waals surface area contributed by atoms with Gasteiger partial charge in [0.15, 0.2) is 0 Å². The molecule has 2 N–H and O–H groups in total. The van der Waals surface area contributed by atoms with Crippen molar-refractivity contribution in [2.75, 3.05) is 0 Å². The van der Waals surface area contributed by atoms with Crippen LogP contribution in [0.2, 0.25) is 0 Å². The summed E-state index contributed by atoms with van der Waals surface area (Å²) >= 11 is 0. The highest BCUT2D eigenvalue weighted by Crippen LogP contribution is 2.18. The van der Waals surface area contributed by atoms with Crippen molar-refractivity contribution in [3.05, 3.63) is 35.4 Å². The molecule has 17 heavy (non-hydrogen) atoms. The van der Waals surface area contributed by atoms with E-state index in [1.165, 1.54) is 24.0 Å². The molecule has 0 heterocycles. The van der Waals surface area contributed by atoms with Crippen molar-refractivity contribution in [2.45, 2.75) is 57.7 Å². The van der Waals surface area contributed by atoms with Crippen LogP contribution in [-0.4, -0.2) is 17.3 Å². The predicted molar refractivity (Wildman–Crippen MR) is 70.9 cm³/mol. The van der Waals surface area contributed by atoms with Crippen LogP contribution in [0, 0.1) is 0 Å². The number of aliphatic hydroxyl groups excluding tert-OH is 1. The van der Waals surface area contributed by atoms with Crippen LogP contribution in [0.25, 0.3) is 0 Å². The lowest BCUT2D eigenvalue weighted by Crippen LogP contribution is -2.41. The third-order valence-electron chi connectivity index (χ3n) is 3.73. The van der Waals surface area contributed by atoms with Crippen LogP contribution in [-0.2, 0) is 13.0 Å². The maximum Gasteiger partial charge on any atom is 0.0693 e. The smallest absolute Gasteiger partial charge is 0.0693 e. The lowest BCUT2D eigenvalue weighted by molar-refractivity contribution is 0.0902. The van der Waals surface area contributed by atoms with Crippen molar-refractivity contribution in [2.24, 2.45) is 0 Å². The fourth-order valence-electron chi connectivity index (χ4n) is 2.49. The highest BCUT2D eigenvalue weighted by atomic mass is 16.3. The number of rotatable bonds is 4. The molecular formula is C15H23NO. The topological polar surface area (TPSA) is 32.3 Å². The van der Waals surface area contributed by atoms with Gasteiger partial charge in [-0.2, -0.15) is 0 Å². The molecule has 2 rings (SSSR count). The molecular weight excluding hydrogens is 210 g/mol. The number of aliphatic hydroxyl groups is 1. The molecule has 0 saturated heterocycles. The number of hydrogen-bond donors (Lipinski definition) is 2. The van der Waals surface area contributed by atoms with Gasteiger partial charge >= 0.3 is 0 Å². The fraction of sp³-hybridized carbons (Fsp3) is 0.600. The zero-order chi connectivity index (χ0) is 12.1. The van der Waals surface area contributed by atoms with E-state index in [0.717, 1.165) is 25.8 Å². The second-order valence-electron chi connectivity index (χ2n) is 5.01. The van der Waals surface area contributed by atoms with Crippen molar-refractivity contribution >= 4 is 0 Å². The first kappa shape index (κ1) is 12.6. The molecule has 1 aliphatic rings. The summed E-state index contributed by atoms with van der Waals surface area (Å²) < 4.78 is 0. The molecule has 2 nitrogen and oxygen atoms in total. The molecule has 0 radical (unpaired) electrons. The Labute approximate surface area is 104 Å². The van der Waals surface area contributed by atoms with E-state index >= 15 is 0 Å². The molecule has 1 fully saturated rings. The van der Waals surface area contributed by atoms with Crippen molar-refractivity contribution in [1.82, 2.24) is 5.32 Å². The minimum absolute atomic E-state index is 0.154. The van der Waals surface area contributed by atoms with Gasteiger partial charge in [0.05, 0.1) is 6.10 Å². The Morgan fingerprint density at radius 2 is 1.76 bits per heavy atom. The molecule has 2 atom stereocenters. The second-order valence-corrected chi connectivity index (χ2v) is 5.01. The Kier molecular flexibility index (Phi) is 4.57. The molecule has 0 spiro atoms. The molecule has 1 saturated carbocycles. The van der Waals surface area contributed by atoms with Gasteiger partial charge in [0.2, 0.25) is 0 Å². The Morgan fingerprint density at radius 1 is 1.12 bits per heavy atom. The first-order valence-electron chi connectivity index (χ1n) is 6.79. The van der Waals surface area contributed by atoms with E-state index in [1.807, 2.05) is 0 Å². The molecule has 0 unspecified atom stereocenters. The lowest BCUT2D eigenvalue weighted by atomic mass is 9.92. The minimum Gasteiger partial charge on any atom is -0.392 e. The summed E-state index contributed by atoms with van der Waals surface area (Å²) in [4.78, 5) is 0.